The highest BCUT2D eigenvalue weighted by atomic mass is 79.9. The van der Waals surface area contributed by atoms with Crippen molar-refractivity contribution in [1.29, 1.82) is 0 Å². The van der Waals surface area contributed by atoms with Gasteiger partial charge in [-0.05, 0) is 56.4 Å². The SMILES string of the molecule is Cc1cc(NC(=O)NC2CCN(C3CC3)CC2)ccc1Br. The Balaban J connectivity index is 1.46. The number of urea groups is 1. The van der Waals surface area contributed by atoms with Crippen LogP contribution in [0.2, 0.25) is 0 Å². The number of nitrogens with one attached hydrogen (secondary N) is 2. The van der Waals surface area contributed by atoms with Crippen LogP contribution in [-0.4, -0.2) is 36.1 Å². The fraction of sp³-hybridized carbons (Fsp3) is 0.562. The van der Waals surface area contributed by atoms with Crippen molar-refractivity contribution in [3.05, 3.63) is 28.2 Å². The van der Waals surface area contributed by atoms with Crippen LogP contribution in [0.25, 0.3) is 0 Å². The van der Waals surface area contributed by atoms with Crippen LogP contribution < -0.4 is 10.6 Å². The van der Waals surface area contributed by atoms with Crippen LogP contribution in [0.15, 0.2) is 22.7 Å². The number of nitrogens with zero attached hydrogens (tertiary/aromatic N) is 1. The Morgan fingerprint density at radius 1 is 1.24 bits per heavy atom. The van der Waals surface area contributed by atoms with Gasteiger partial charge in [0, 0.05) is 35.3 Å². The van der Waals surface area contributed by atoms with E-state index in [-0.39, 0.29) is 6.03 Å². The molecule has 2 N–H and O–H groups in total. The van der Waals surface area contributed by atoms with E-state index in [4.69, 9.17) is 0 Å². The molecule has 0 aromatic heterocycles. The first-order valence-corrected chi connectivity index (χ1v) is 8.49. The zero-order valence-corrected chi connectivity index (χ0v) is 13.9. The Bertz CT molecular complexity index is 522. The van der Waals surface area contributed by atoms with E-state index in [1.807, 2.05) is 25.1 Å². The molecular formula is C16H22BrN3O. The molecule has 0 bridgehead atoms. The van der Waals surface area contributed by atoms with Gasteiger partial charge in [0.05, 0.1) is 0 Å². The highest BCUT2D eigenvalue weighted by Crippen LogP contribution is 2.29. The second-order valence-electron chi connectivity index (χ2n) is 6.10. The fourth-order valence-corrected chi connectivity index (χ4v) is 3.17. The number of amides is 2. The molecule has 0 radical (unpaired) electrons. The number of hydrogen-bond donors (Lipinski definition) is 2. The van der Waals surface area contributed by atoms with Crippen LogP contribution in [-0.2, 0) is 0 Å². The number of carbonyl (C=O) groups excluding carboxylic acids is 1. The first-order chi connectivity index (χ1) is 10.1. The molecular weight excluding hydrogens is 330 g/mol. The van der Waals surface area contributed by atoms with Gasteiger partial charge in [0.1, 0.15) is 0 Å². The normalized spacial score (nSPS) is 20.3. The molecule has 0 atom stereocenters. The molecule has 1 aliphatic carbocycles. The Hall–Kier alpha value is -1.07. The van der Waals surface area contributed by atoms with Crippen molar-refractivity contribution in [1.82, 2.24) is 10.2 Å². The Kier molecular flexibility index (Phi) is 4.50. The third-order valence-corrected chi connectivity index (χ3v) is 5.23. The molecule has 1 heterocycles. The van der Waals surface area contributed by atoms with Gasteiger partial charge in [-0.1, -0.05) is 15.9 Å². The molecule has 0 unspecified atom stereocenters. The molecule has 0 spiro atoms. The molecule has 1 saturated heterocycles. The minimum absolute atomic E-state index is 0.0957. The lowest BCUT2D eigenvalue weighted by Gasteiger charge is -2.32. The summed E-state index contributed by atoms with van der Waals surface area (Å²) in [6.07, 6.45) is 4.84. The molecule has 1 saturated carbocycles. The molecule has 2 amide bonds. The lowest BCUT2D eigenvalue weighted by Crippen LogP contribution is -2.46. The van der Waals surface area contributed by atoms with E-state index in [9.17, 15) is 4.79 Å². The van der Waals surface area contributed by atoms with Crippen LogP contribution in [0.4, 0.5) is 10.5 Å². The summed E-state index contributed by atoms with van der Waals surface area (Å²) in [6.45, 7) is 4.25. The molecule has 2 fully saturated rings. The quantitative estimate of drug-likeness (QED) is 0.875. The number of benzene rings is 1. The predicted octanol–water partition coefficient (Wildman–Crippen LogP) is 3.51. The average Bonchev–Trinajstić information content (AvgIpc) is 3.28. The third-order valence-electron chi connectivity index (χ3n) is 4.34. The van der Waals surface area contributed by atoms with Gasteiger partial charge in [0.15, 0.2) is 0 Å². The summed E-state index contributed by atoms with van der Waals surface area (Å²) in [7, 11) is 0. The van der Waals surface area contributed by atoms with Crippen LogP contribution in [0.5, 0.6) is 0 Å². The molecule has 1 aromatic rings. The van der Waals surface area contributed by atoms with E-state index in [1.54, 1.807) is 0 Å². The number of aryl methyl sites for hydroxylation is 1. The molecule has 2 aliphatic rings. The Morgan fingerprint density at radius 2 is 1.95 bits per heavy atom. The molecule has 114 valence electrons. The second-order valence-corrected chi connectivity index (χ2v) is 6.96. The molecule has 1 aromatic carbocycles. The molecule has 21 heavy (non-hydrogen) atoms. The van der Waals surface area contributed by atoms with Gasteiger partial charge >= 0.3 is 6.03 Å². The van der Waals surface area contributed by atoms with Gasteiger partial charge < -0.3 is 15.5 Å². The van der Waals surface area contributed by atoms with Gasteiger partial charge in [-0.25, -0.2) is 4.79 Å². The lowest BCUT2D eigenvalue weighted by molar-refractivity contribution is 0.189. The highest BCUT2D eigenvalue weighted by molar-refractivity contribution is 9.10. The van der Waals surface area contributed by atoms with Crippen molar-refractivity contribution >= 4 is 27.6 Å². The van der Waals surface area contributed by atoms with Crippen molar-refractivity contribution in [3.63, 3.8) is 0 Å². The Morgan fingerprint density at radius 3 is 2.57 bits per heavy atom. The maximum absolute atomic E-state index is 12.1. The zero-order chi connectivity index (χ0) is 14.8. The summed E-state index contributed by atoms with van der Waals surface area (Å²) in [5, 5.41) is 6.01. The van der Waals surface area contributed by atoms with E-state index in [2.05, 4.69) is 31.5 Å². The number of carbonyl (C=O) groups is 1. The number of halogens is 1. The van der Waals surface area contributed by atoms with Crippen LogP contribution >= 0.6 is 15.9 Å². The summed E-state index contributed by atoms with van der Waals surface area (Å²) >= 11 is 3.46. The molecule has 5 heteroatoms. The minimum Gasteiger partial charge on any atom is -0.335 e. The van der Waals surface area contributed by atoms with Gasteiger partial charge in [0.25, 0.3) is 0 Å². The third kappa shape index (κ3) is 3.98. The maximum Gasteiger partial charge on any atom is 0.319 e. The molecule has 1 aliphatic heterocycles. The summed E-state index contributed by atoms with van der Waals surface area (Å²) < 4.78 is 1.06. The summed E-state index contributed by atoms with van der Waals surface area (Å²) in [5.74, 6) is 0. The number of likely N-dealkylation sites (tertiary alicyclic amines) is 1. The van der Waals surface area contributed by atoms with E-state index in [0.29, 0.717) is 6.04 Å². The fourth-order valence-electron chi connectivity index (χ4n) is 2.92. The summed E-state index contributed by atoms with van der Waals surface area (Å²) in [5.41, 5.74) is 1.95. The zero-order valence-electron chi connectivity index (χ0n) is 12.4. The van der Waals surface area contributed by atoms with Crippen molar-refractivity contribution in [2.75, 3.05) is 18.4 Å². The van der Waals surface area contributed by atoms with Crippen LogP contribution in [0.3, 0.4) is 0 Å². The van der Waals surface area contributed by atoms with E-state index < -0.39 is 0 Å². The summed E-state index contributed by atoms with van der Waals surface area (Å²) in [6, 6.07) is 6.88. The first kappa shape index (κ1) is 14.9. The van der Waals surface area contributed by atoms with Crippen molar-refractivity contribution in [2.24, 2.45) is 0 Å². The first-order valence-electron chi connectivity index (χ1n) is 7.69. The van der Waals surface area contributed by atoms with Gasteiger partial charge in [-0.15, -0.1) is 0 Å². The van der Waals surface area contributed by atoms with Gasteiger partial charge in [-0.3, -0.25) is 0 Å². The van der Waals surface area contributed by atoms with E-state index >= 15 is 0 Å². The second kappa shape index (κ2) is 6.36. The van der Waals surface area contributed by atoms with Gasteiger partial charge in [0.2, 0.25) is 0 Å². The van der Waals surface area contributed by atoms with E-state index in [0.717, 1.165) is 47.7 Å². The molecule has 4 nitrogen and oxygen atoms in total. The highest BCUT2D eigenvalue weighted by Gasteiger charge is 2.32. The van der Waals surface area contributed by atoms with Crippen molar-refractivity contribution in [3.8, 4) is 0 Å². The van der Waals surface area contributed by atoms with Crippen LogP contribution in [0.1, 0.15) is 31.2 Å². The number of anilines is 1. The van der Waals surface area contributed by atoms with Gasteiger partial charge in [-0.2, -0.15) is 0 Å². The number of piperidine rings is 1. The standard InChI is InChI=1S/C16H22BrN3O/c1-11-10-13(2-5-15(11)17)19-16(21)18-12-6-8-20(9-7-12)14-3-4-14/h2,5,10,12,14H,3-4,6-9H2,1H3,(H2,18,19,21). The monoisotopic (exact) mass is 351 g/mol. The smallest absolute Gasteiger partial charge is 0.319 e. The maximum atomic E-state index is 12.1. The molecule has 3 rings (SSSR count). The number of rotatable bonds is 3. The largest absolute Gasteiger partial charge is 0.335 e. The predicted molar refractivity (Wildman–Crippen MR) is 88.7 cm³/mol. The Labute approximate surface area is 134 Å². The minimum atomic E-state index is -0.0957. The average molecular weight is 352 g/mol. The number of hydrogen-bond acceptors (Lipinski definition) is 2. The van der Waals surface area contributed by atoms with Crippen molar-refractivity contribution < 1.29 is 4.79 Å². The topological polar surface area (TPSA) is 44.4 Å². The lowest BCUT2D eigenvalue weighted by atomic mass is 10.1. The van der Waals surface area contributed by atoms with Crippen molar-refractivity contribution in [2.45, 2.75) is 44.7 Å². The summed E-state index contributed by atoms with van der Waals surface area (Å²) in [4.78, 5) is 14.6. The van der Waals surface area contributed by atoms with Crippen LogP contribution in [0, 0.1) is 6.92 Å². The van der Waals surface area contributed by atoms with E-state index in [1.165, 1.54) is 12.8 Å².